The highest BCUT2D eigenvalue weighted by Gasteiger charge is 2.12. The fraction of sp³-hybridized carbons (Fsp3) is 0.500. The summed E-state index contributed by atoms with van der Waals surface area (Å²) in [7, 11) is 0. The van der Waals surface area contributed by atoms with Gasteiger partial charge in [0, 0.05) is 12.7 Å². The third-order valence-corrected chi connectivity index (χ3v) is 1.94. The van der Waals surface area contributed by atoms with Gasteiger partial charge in [-0.2, -0.15) is 0 Å². The smallest absolute Gasteiger partial charge is 0.143 e. The number of hydrogen-bond donors (Lipinski definition) is 2. The molecule has 0 saturated heterocycles. The third-order valence-electron chi connectivity index (χ3n) is 1.36. The maximum absolute atomic E-state index is 9.45. The van der Waals surface area contributed by atoms with E-state index < -0.39 is 5.60 Å². The first-order chi connectivity index (χ1) is 5.99. The molecule has 1 rings (SSSR count). The molecule has 2 N–H and O–H groups in total. The van der Waals surface area contributed by atoms with Gasteiger partial charge in [-0.25, -0.2) is 9.97 Å². The molecule has 0 saturated carbocycles. The van der Waals surface area contributed by atoms with Gasteiger partial charge in [0.15, 0.2) is 0 Å². The van der Waals surface area contributed by atoms with Crippen LogP contribution in [0.15, 0.2) is 17.0 Å². The van der Waals surface area contributed by atoms with Gasteiger partial charge in [0.05, 0.1) is 10.1 Å². The Labute approximate surface area is 85.5 Å². The highest BCUT2D eigenvalue weighted by Crippen LogP contribution is 2.17. The van der Waals surface area contributed by atoms with E-state index in [1.807, 2.05) is 0 Å². The molecule has 0 aromatic carbocycles. The molecule has 1 aromatic rings. The molecule has 1 aromatic heterocycles. The predicted molar refractivity (Wildman–Crippen MR) is 54.5 cm³/mol. The van der Waals surface area contributed by atoms with Crippen LogP contribution in [0.3, 0.4) is 0 Å². The summed E-state index contributed by atoms with van der Waals surface area (Å²) in [4.78, 5) is 7.83. The number of anilines is 1. The van der Waals surface area contributed by atoms with Crippen LogP contribution in [0.1, 0.15) is 13.8 Å². The van der Waals surface area contributed by atoms with Crippen molar-refractivity contribution in [3.8, 4) is 0 Å². The largest absolute Gasteiger partial charge is 0.389 e. The molecule has 0 aliphatic rings. The summed E-state index contributed by atoms with van der Waals surface area (Å²) >= 11 is 3.29. The molecule has 0 fully saturated rings. The van der Waals surface area contributed by atoms with E-state index in [2.05, 4.69) is 31.2 Å². The van der Waals surface area contributed by atoms with Crippen LogP contribution in [0.2, 0.25) is 0 Å². The van der Waals surface area contributed by atoms with Crippen molar-refractivity contribution in [1.82, 2.24) is 9.97 Å². The van der Waals surface area contributed by atoms with Crippen LogP contribution in [-0.2, 0) is 0 Å². The van der Waals surface area contributed by atoms with Gasteiger partial charge in [-0.15, -0.1) is 0 Å². The Morgan fingerprint density at radius 1 is 1.62 bits per heavy atom. The molecule has 0 atom stereocenters. The molecule has 0 aliphatic carbocycles. The van der Waals surface area contributed by atoms with E-state index in [0.29, 0.717) is 12.4 Å². The minimum atomic E-state index is -0.746. The van der Waals surface area contributed by atoms with Crippen molar-refractivity contribution in [2.75, 3.05) is 11.9 Å². The van der Waals surface area contributed by atoms with E-state index in [0.717, 1.165) is 4.47 Å². The normalized spacial score (nSPS) is 11.4. The standard InChI is InChI=1S/C8H12BrN3O/c1-8(2,13)4-11-7-6(9)3-10-5-12-7/h3,5,13H,4H2,1-2H3,(H,10,11,12). The lowest BCUT2D eigenvalue weighted by molar-refractivity contribution is 0.0944. The molecule has 4 nitrogen and oxygen atoms in total. The fourth-order valence-electron chi connectivity index (χ4n) is 0.743. The van der Waals surface area contributed by atoms with Crippen molar-refractivity contribution in [2.24, 2.45) is 0 Å². The van der Waals surface area contributed by atoms with Crippen LogP contribution < -0.4 is 5.32 Å². The van der Waals surface area contributed by atoms with Crippen LogP contribution >= 0.6 is 15.9 Å². The number of nitrogens with zero attached hydrogens (tertiary/aromatic N) is 2. The first kappa shape index (κ1) is 10.4. The summed E-state index contributed by atoms with van der Waals surface area (Å²) in [5.41, 5.74) is -0.746. The second-order valence-corrected chi connectivity index (χ2v) is 4.24. The Morgan fingerprint density at radius 2 is 2.31 bits per heavy atom. The Hall–Kier alpha value is -0.680. The molecule has 1 heterocycles. The lowest BCUT2D eigenvalue weighted by Crippen LogP contribution is -2.29. The molecule has 0 amide bonds. The minimum Gasteiger partial charge on any atom is -0.389 e. The van der Waals surface area contributed by atoms with E-state index in [-0.39, 0.29) is 0 Å². The quantitative estimate of drug-likeness (QED) is 0.846. The van der Waals surface area contributed by atoms with Crippen LogP contribution in [0.4, 0.5) is 5.82 Å². The lowest BCUT2D eigenvalue weighted by atomic mass is 10.1. The monoisotopic (exact) mass is 245 g/mol. The number of rotatable bonds is 3. The molecule has 0 bridgehead atoms. The number of aliphatic hydroxyl groups is 1. The van der Waals surface area contributed by atoms with Crippen LogP contribution in [0.5, 0.6) is 0 Å². The van der Waals surface area contributed by atoms with Gasteiger partial charge in [-0.3, -0.25) is 0 Å². The number of nitrogens with one attached hydrogen (secondary N) is 1. The summed E-state index contributed by atoms with van der Waals surface area (Å²) in [5, 5.41) is 12.5. The van der Waals surface area contributed by atoms with Gasteiger partial charge in [-0.1, -0.05) is 0 Å². The molecule has 5 heteroatoms. The number of halogens is 1. The molecule has 0 spiro atoms. The van der Waals surface area contributed by atoms with Crippen molar-refractivity contribution in [3.05, 3.63) is 17.0 Å². The first-order valence-electron chi connectivity index (χ1n) is 3.91. The van der Waals surface area contributed by atoms with Crippen molar-refractivity contribution in [1.29, 1.82) is 0 Å². The highest BCUT2D eigenvalue weighted by molar-refractivity contribution is 9.10. The summed E-state index contributed by atoms with van der Waals surface area (Å²) in [5.74, 6) is 0.692. The zero-order chi connectivity index (χ0) is 9.90. The maximum atomic E-state index is 9.45. The zero-order valence-corrected chi connectivity index (χ0v) is 9.17. The number of aromatic nitrogens is 2. The average Bonchev–Trinajstić information content (AvgIpc) is 2.01. The Morgan fingerprint density at radius 3 is 2.85 bits per heavy atom. The third kappa shape index (κ3) is 3.69. The zero-order valence-electron chi connectivity index (χ0n) is 7.58. The molecular weight excluding hydrogens is 234 g/mol. The van der Waals surface area contributed by atoms with E-state index in [1.165, 1.54) is 6.33 Å². The van der Waals surface area contributed by atoms with Gasteiger partial charge < -0.3 is 10.4 Å². The Kier molecular flexibility index (Phi) is 3.22. The predicted octanol–water partition coefficient (Wildman–Crippen LogP) is 1.42. The van der Waals surface area contributed by atoms with E-state index in [1.54, 1.807) is 20.0 Å². The summed E-state index contributed by atoms with van der Waals surface area (Å²) < 4.78 is 0.791. The molecule has 72 valence electrons. The van der Waals surface area contributed by atoms with Gasteiger partial charge in [0.1, 0.15) is 12.1 Å². The van der Waals surface area contributed by atoms with Crippen molar-refractivity contribution < 1.29 is 5.11 Å². The molecule has 0 radical (unpaired) electrons. The minimum absolute atomic E-state index is 0.447. The first-order valence-corrected chi connectivity index (χ1v) is 4.70. The molecule has 0 aliphatic heterocycles. The van der Waals surface area contributed by atoms with Crippen molar-refractivity contribution in [3.63, 3.8) is 0 Å². The number of hydrogen-bond acceptors (Lipinski definition) is 4. The Balaban J connectivity index is 2.60. The van der Waals surface area contributed by atoms with Gasteiger partial charge in [0.25, 0.3) is 0 Å². The van der Waals surface area contributed by atoms with Gasteiger partial charge >= 0.3 is 0 Å². The maximum Gasteiger partial charge on any atom is 0.143 e. The van der Waals surface area contributed by atoms with Crippen LogP contribution in [0.25, 0.3) is 0 Å². The van der Waals surface area contributed by atoms with Crippen molar-refractivity contribution in [2.45, 2.75) is 19.4 Å². The second kappa shape index (κ2) is 4.02. The van der Waals surface area contributed by atoms with Crippen LogP contribution in [0, 0.1) is 0 Å². The second-order valence-electron chi connectivity index (χ2n) is 3.39. The van der Waals surface area contributed by atoms with Gasteiger partial charge in [0.2, 0.25) is 0 Å². The van der Waals surface area contributed by atoms with Crippen LogP contribution in [-0.4, -0.2) is 27.2 Å². The highest BCUT2D eigenvalue weighted by atomic mass is 79.9. The lowest BCUT2D eigenvalue weighted by Gasteiger charge is -2.18. The molecule has 0 unspecified atom stereocenters. The average molecular weight is 246 g/mol. The SMILES string of the molecule is CC(C)(O)CNc1ncncc1Br. The Bertz CT molecular complexity index is 285. The van der Waals surface area contributed by atoms with E-state index in [9.17, 15) is 5.11 Å². The van der Waals surface area contributed by atoms with E-state index >= 15 is 0 Å². The topological polar surface area (TPSA) is 58.0 Å². The fourth-order valence-corrected chi connectivity index (χ4v) is 1.10. The molecule has 13 heavy (non-hydrogen) atoms. The summed E-state index contributed by atoms with van der Waals surface area (Å²) in [6.45, 7) is 3.91. The summed E-state index contributed by atoms with van der Waals surface area (Å²) in [6.07, 6.45) is 3.11. The van der Waals surface area contributed by atoms with Crippen molar-refractivity contribution >= 4 is 21.7 Å². The molecular formula is C8H12BrN3O. The van der Waals surface area contributed by atoms with Gasteiger partial charge in [-0.05, 0) is 29.8 Å². The van der Waals surface area contributed by atoms with E-state index in [4.69, 9.17) is 0 Å². The summed E-state index contributed by atoms with van der Waals surface area (Å²) in [6, 6.07) is 0.